The summed E-state index contributed by atoms with van der Waals surface area (Å²) in [4.78, 5) is 0. The summed E-state index contributed by atoms with van der Waals surface area (Å²) in [5.41, 5.74) is 0. The average molecular weight is 845 g/mol. The predicted molar refractivity (Wildman–Crippen MR) is 245 cm³/mol. The van der Waals surface area contributed by atoms with E-state index in [2.05, 4.69) is 27.7 Å². The Morgan fingerprint density at radius 1 is 0.158 bits per heavy atom. The van der Waals surface area contributed by atoms with E-state index in [0.717, 1.165) is 51.4 Å². The van der Waals surface area contributed by atoms with Gasteiger partial charge in [0, 0.05) is 0 Å². The Kier molecular flexibility index (Phi) is 86.6. The molecule has 0 spiro atoms. The largest absolute Gasteiger partial charge is 4.00 e. The van der Waals surface area contributed by atoms with E-state index in [9.17, 15) is 20.4 Å². The Labute approximate surface area is 377 Å². The zero-order valence-electron chi connectivity index (χ0n) is 40.1. The molecule has 0 unspecified atom stereocenters. The van der Waals surface area contributed by atoms with Crippen molar-refractivity contribution in [2.24, 2.45) is 0 Å². The second-order valence-corrected chi connectivity index (χ2v) is 17.0. The molecule has 0 fully saturated rings. The van der Waals surface area contributed by atoms with E-state index in [0.29, 0.717) is 0 Å². The first-order chi connectivity index (χ1) is 27.7. The van der Waals surface area contributed by atoms with Crippen LogP contribution in [0.25, 0.3) is 0 Å². The van der Waals surface area contributed by atoms with Gasteiger partial charge in [0.2, 0.25) is 0 Å². The second kappa shape index (κ2) is 74.0. The van der Waals surface area contributed by atoms with Crippen LogP contribution in [0.15, 0.2) is 0 Å². The van der Waals surface area contributed by atoms with Crippen molar-refractivity contribution >= 4 is 0 Å². The van der Waals surface area contributed by atoms with Crippen LogP contribution in [0.4, 0.5) is 0 Å². The average Bonchev–Trinajstić information content (AvgIpc) is 3.21. The Hall–Kier alpha value is 0.554. The molecule has 0 aromatic heterocycles. The summed E-state index contributed by atoms with van der Waals surface area (Å²) in [6.45, 7) is 9.53. The molecule has 0 aliphatic heterocycles. The molecule has 5 heteroatoms. The molecule has 0 saturated carbocycles. The van der Waals surface area contributed by atoms with Crippen molar-refractivity contribution < 1.29 is 42.1 Å². The SMILES string of the molecule is CCCCCCCCCCCCC[O-].CCCCCCCCCCCCC[O-].CCCCCCCCCCCCC[O-].CCCCCCCCCCCCC[O-].[Ti+4]. The van der Waals surface area contributed by atoms with Gasteiger partial charge in [0.25, 0.3) is 0 Å². The molecule has 0 bridgehead atoms. The molecule has 0 rings (SSSR count). The summed E-state index contributed by atoms with van der Waals surface area (Å²) >= 11 is 0. The summed E-state index contributed by atoms with van der Waals surface area (Å²) < 4.78 is 0. The smallest absolute Gasteiger partial charge is 0.854 e. The van der Waals surface area contributed by atoms with Gasteiger partial charge in [0.15, 0.2) is 0 Å². The van der Waals surface area contributed by atoms with Crippen molar-refractivity contribution in [1.82, 2.24) is 0 Å². The maximum absolute atomic E-state index is 10.2. The van der Waals surface area contributed by atoms with E-state index < -0.39 is 0 Å². The quantitative estimate of drug-likeness (QED) is 0.0451. The summed E-state index contributed by atoms with van der Waals surface area (Å²) in [5, 5.41) is 40.7. The Balaban J connectivity index is -0.000000210. The molecule has 344 valence electrons. The van der Waals surface area contributed by atoms with E-state index in [4.69, 9.17) is 0 Å². The van der Waals surface area contributed by atoms with Gasteiger partial charge in [-0.2, -0.15) is 0 Å². The maximum Gasteiger partial charge on any atom is 4.00 e. The summed E-state index contributed by atoms with van der Waals surface area (Å²) in [6.07, 6.45) is 57.8. The van der Waals surface area contributed by atoms with Gasteiger partial charge in [-0.15, -0.1) is 26.4 Å². The summed E-state index contributed by atoms with van der Waals surface area (Å²) in [7, 11) is 0. The van der Waals surface area contributed by atoms with E-state index in [1.54, 1.807) is 0 Å². The molecule has 0 aromatic rings. The first-order valence-electron chi connectivity index (χ1n) is 26.0. The van der Waals surface area contributed by atoms with Crippen LogP contribution in [0.2, 0.25) is 0 Å². The van der Waals surface area contributed by atoms with Crippen molar-refractivity contribution in [1.29, 1.82) is 0 Å². The van der Waals surface area contributed by atoms with Gasteiger partial charge in [-0.05, 0) is 0 Å². The zero-order valence-corrected chi connectivity index (χ0v) is 41.6. The van der Waals surface area contributed by atoms with Crippen LogP contribution < -0.4 is 20.4 Å². The van der Waals surface area contributed by atoms with Gasteiger partial charge in [-0.1, -0.05) is 310 Å². The standard InChI is InChI=1S/4C13H27O.Ti/c4*1-2-3-4-5-6-7-8-9-10-11-12-13-14;/h4*2-13H2,1H3;/q4*-1;+4. The van der Waals surface area contributed by atoms with Gasteiger partial charge in [-0.3, -0.25) is 0 Å². The van der Waals surface area contributed by atoms with Crippen LogP contribution in [0.1, 0.15) is 310 Å². The number of rotatable bonds is 44. The summed E-state index contributed by atoms with van der Waals surface area (Å²) in [5.74, 6) is 0. The van der Waals surface area contributed by atoms with Crippen LogP contribution in [-0.4, -0.2) is 26.4 Å². The third-order valence-corrected chi connectivity index (χ3v) is 11.0. The van der Waals surface area contributed by atoms with Crippen LogP contribution >= 0.6 is 0 Å². The van der Waals surface area contributed by atoms with Gasteiger partial charge in [0.1, 0.15) is 0 Å². The van der Waals surface area contributed by atoms with Crippen molar-refractivity contribution in [3.63, 3.8) is 0 Å². The Morgan fingerprint density at radius 2 is 0.246 bits per heavy atom. The normalized spacial score (nSPS) is 10.5. The van der Waals surface area contributed by atoms with Crippen LogP contribution in [-0.2, 0) is 21.7 Å². The molecular formula is C52H108O4Ti. The third kappa shape index (κ3) is 84.8. The second-order valence-electron chi connectivity index (χ2n) is 17.0. The monoisotopic (exact) mass is 845 g/mol. The molecular weight excluding hydrogens is 736 g/mol. The molecule has 0 saturated heterocycles. The fraction of sp³-hybridized carbons (Fsp3) is 1.00. The minimum absolute atomic E-state index is 0. The molecule has 0 amide bonds. The molecule has 0 aromatic carbocycles. The fourth-order valence-corrected chi connectivity index (χ4v) is 7.07. The molecule has 4 nitrogen and oxygen atoms in total. The van der Waals surface area contributed by atoms with Gasteiger partial charge < -0.3 is 20.4 Å². The third-order valence-electron chi connectivity index (χ3n) is 11.0. The maximum atomic E-state index is 10.2. The number of unbranched alkanes of at least 4 members (excludes halogenated alkanes) is 40. The van der Waals surface area contributed by atoms with Crippen molar-refractivity contribution in [3.05, 3.63) is 0 Å². The van der Waals surface area contributed by atoms with Crippen LogP contribution in [0, 0.1) is 0 Å². The van der Waals surface area contributed by atoms with E-state index >= 15 is 0 Å². The van der Waals surface area contributed by atoms with Crippen LogP contribution in [0.3, 0.4) is 0 Å². The Bertz CT molecular complexity index is 420. The van der Waals surface area contributed by atoms with Crippen LogP contribution in [0.5, 0.6) is 0 Å². The first-order valence-corrected chi connectivity index (χ1v) is 26.0. The molecule has 0 N–H and O–H groups in total. The molecule has 0 heterocycles. The molecule has 0 atom stereocenters. The van der Waals surface area contributed by atoms with E-state index in [1.807, 2.05) is 0 Å². The molecule has 57 heavy (non-hydrogen) atoms. The van der Waals surface area contributed by atoms with Gasteiger partial charge in [-0.25, -0.2) is 0 Å². The first kappa shape index (κ1) is 66.6. The minimum Gasteiger partial charge on any atom is -0.854 e. The Morgan fingerprint density at radius 3 is 0.333 bits per heavy atom. The number of hydrogen-bond acceptors (Lipinski definition) is 4. The topological polar surface area (TPSA) is 92.2 Å². The zero-order chi connectivity index (χ0) is 41.9. The molecule has 0 aliphatic rings. The fourth-order valence-electron chi connectivity index (χ4n) is 7.07. The molecule has 0 radical (unpaired) electrons. The minimum atomic E-state index is 0. The summed E-state index contributed by atoms with van der Waals surface area (Å²) in [6, 6.07) is 0. The van der Waals surface area contributed by atoms with Crippen molar-refractivity contribution in [3.8, 4) is 0 Å². The van der Waals surface area contributed by atoms with E-state index in [1.165, 1.54) is 231 Å². The molecule has 0 aliphatic carbocycles. The predicted octanol–water partition coefficient (Wildman–Crippen LogP) is 14.6. The van der Waals surface area contributed by atoms with Gasteiger partial charge >= 0.3 is 21.7 Å². The van der Waals surface area contributed by atoms with E-state index in [-0.39, 0.29) is 48.1 Å². The van der Waals surface area contributed by atoms with Gasteiger partial charge in [0.05, 0.1) is 0 Å². The number of hydrogen-bond donors (Lipinski definition) is 0. The van der Waals surface area contributed by atoms with Crippen molar-refractivity contribution in [2.45, 2.75) is 310 Å². The van der Waals surface area contributed by atoms with Crippen molar-refractivity contribution in [2.75, 3.05) is 26.4 Å².